The summed E-state index contributed by atoms with van der Waals surface area (Å²) >= 11 is 0. The summed E-state index contributed by atoms with van der Waals surface area (Å²) in [5, 5.41) is 43.6. The lowest BCUT2D eigenvalue weighted by Crippen LogP contribution is -2.60. The number of nitro groups is 3. The van der Waals surface area contributed by atoms with Crippen LogP contribution in [0.4, 0.5) is 0 Å². The number of amides is 3. The van der Waals surface area contributed by atoms with Crippen molar-refractivity contribution in [1.29, 1.82) is 0 Å². The molecule has 1 aromatic heterocycles. The van der Waals surface area contributed by atoms with Crippen LogP contribution in [0.15, 0.2) is 14.4 Å². The largest absolute Gasteiger partial charge is 0.460 e. The normalized spacial score (nSPS) is 27.0. The molecule has 0 aliphatic heterocycles. The molecule has 3 aliphatic rings. The molecule has 3 N–H and O–H groups in total. The number of nitrogens with zero attached hydrogens (tertiary/aromatic N) is 6. The Balaban J connectivity index is 1.87. The highest BCUT2D eigenvalue weighted by atomic mass is 16.7. The number of hydrogen-bond acceptors (Lipinski definition) is 18. The van der Waals surface area contributed by atoms with E-state index in [1.165, 1.54) is 20.8 Å². The maximum atomic E-state index is 15.1. The van der Waals surface area contributed by atoms with Crippen LogP contribution in [-0.4, -0.2) is 120 Å². The molecule has 9 unspecified atom stereocenters. The minimum atomic E-state index is -2.36. The molecule has 3 amide bonds. The number of aromatic nitrogens is 3. The number of carbonyl (C=O) groups excluding carboxylic acids is 6. The van der Waals surface area contributed by atoms with Gasteiger partial charge >= 0.3 is 70.8 Å². The summed E-state index contributed by atoms with van der Waals surface area (Å²) in [7, 11) is 0. The van der Waals surface area contributed by atoms with Crippen LogP contribution in [0, 0.1) is 62.8 Å². The van der Waals surface area contributed by atoms with E-state index < -0.39 is 136 Å². The quantitative estimate of drug-likeness (QED) is 0.0520. The third kappa shape index (κ3) is 15.3. The van der Waals surface area contributed by atoms with Crippen molar-refractivity contribution >= 4 is 35.6 Å². The van der Waals surface area contributed by atoms with Gasteiger partial charge in [-0.25, -0.2) is 42.5 Å². The van der Waals surface area contributed by atoms with Crippen molar-refractivity contribution in [2.45, 2.75) is 197 Å². The molecular weight excluding hydrogens is 991 g/mol. The fourth-order valence-corrected chi connectivity index (χ4v) is 13.2. The minimum absolute atomic E-state index is 0.0505. The molecule has 27 heteroatoms. The molecule has 1 aromatic rings. The maximum Gasteiger partial charge on any atom is 0.392 e. The van der Waals surface area contributed by atoms with Crippen LogP contribution in [-0.2, 0) is 62.6 Å². The van der Waals surface area contributed by atoms with Gasteiger partial charge in [-0.1, -0.05) is 62.3 Å². The molecule has 4 rings (SSSR count). The zero-order chi connectivity index (χ0) is 57.0. The lowest BCUT2D eigenvalue weighted by Gasteiger charge is -2.48. The van der Waals surface area contributed by atoms with Gasteiger partial charge in [0.1, 0.15) is 0 Å². The molecule has 0 radical (unpaired) electrons. The second-order valence-electron chi connectivity index (χ2n) is 24.2. The Morgan fingerprint density at radius 2 is 0.680 bits per heavy atom. The van der Waals surface area contributed by atoms with Crippen molar-refractivity contribution in [2.75, 3.05) is 19.8 Å². The summed E-state index contributed by atoms with van der Waals surface area (Å²) in [4.78, 5) is 155. The first-order chi connectivity index (χ1) is 34.4. The number of ether oxygens (including phenoxy) is 3. The van der Waals surface area contributed by atoms with E-state index in [4.69, 9.17) is 14.2 Å². The van der Waals surface area contributed by atoms with Crippen molar-refractivity contribution in [2.24, 2.45) is 32.5 Å². The average molecular weight is 1070 g/mol. The predicted molar refractivity (Wildman–Crippen MR) is 264 cm³/mol. The van der Waals surface area contributed by atoms with E-state index >= 15 is 14.4 Å². The Labute approximate surface area is 433 Å². The minimum Gasteiger partial charge on any atom is -0.460 e. The second kappa shape index (κ2) is 23.1. The van der Waals surface area contributed by atoms with Crippen molar-refractivity contribution in [1.82, 2.24) is 29.7 Å². The number of carbonyl (C=O) groups is 6. The zero-order valence-electron chi connectivity index (χ0n) is 45.1. The first-order valence-corrected chi connectivity index (χ1v) is 25.2. The molecule has 75 heavy (non-hydrogen) atoms. The van der Waals surface area contributed by atoms with Crippen LogP contribution in [0.5, 0.6) is 0 Å². The van der Waals surface area contributed by atoms with Crippen molar-refractivity contribution in [3.05, 3.63) is 61.8 Å². The fraction of sp³-hybridized carbons (Fsp3) is 0.812. The topological polar surface area (TPSA) is 362 Å². The SMILES string of the molecule is CCOC(=O)C(C(=O)NC1CC(C)(C)CC(C)(Cn2c(=O)n(CC3(C)CC(NC(=O)C(C(=O)OCC)[N+](=O)[O-])CC(C)(C)C3)c(=O)n(CC3(C)CC(NC(=O)C(C(=O)OCC)[N+](=O)[O-])CC(C)(C)C3)c2=O)C1)[N+](=O)[O-]. The van der Waals surface area contributed by atoms with Gasteiger partial charge in [-0.15, -0.1) is 0 Å². The van der Waals surface area contributed by atoms with Gasteiger partial charge in [0.25, 0.3) is 0 Å². The summed E-state index contributed by atoms with van der Waals surface area (Å²) in [6.45, 7) is 19.1. The van der Waals surface area contributed by atoms with Crippen molar-refractivity contribution in [3.63, 3.8) is 0 Å². The first-order valence-electron chi connectivity index (χ1n) is 25.2. The standard InChI is InChI=1S/C48H75N9O18/c1-13-73-37(61)31(55(67)68)34(58)49-28-16-43(4,5)22-46(10,19-28)25-52-40(64)53(26-47(11)20-29(17-44(6,7)23-47)50-35(59)32(56(69)70)38(62)74-14-2)42(66)54(41(52)65)27-48(12)21-30(18-45(8,9)24-48)51-36(60)33(57(71)72)39(63)75-15-3/h28-33H,13-27H2,1-12H3,(H,49,58)(H,50,59)(H,51,60). The average Bonchev–Trinajstić information content (AvgIpc) is 3.20. The van der Waals surface area contributed by atoms with Crippen LogP contribution in [0.25, 0.3) is 0 Å². The van der Waals surface area contributed by atoms with Crippen LogP contribution in [0.1, 0.15) is 141 Å². The van der Waals surface area contributed by atoms with Crippen LogP contribution < -0.4 is 33.0 Å². The summed E-state index contributed by atoms with van der Waals surface area (Å²) in [6.07, 6.45) is 2.00. The Morgan fingerprint density at radius 1 is 0.467 bits per heavy atom. The van der Waals surface area contributed by atoms with Crippen molar-refractivity contribution in [3.8, 4) is 0 Å². The fourth-order valence-electron chi connectivity index (χ4n) is 13.2. The van der Waals surface area contributed by atoms with E-state index in [-0.39, 0.29) is 78.0 Å². The van der Waals surface area contributed by atoms with E-state index in [9.17, 15) is 59.1 Å². The van der Waals surface area contributed by atoms with Crippen LogP contribution in [0.3, 0.4) is 0 Å². The summed E-state index contributed by atoms with van der Waals surface area (Å²) in [6, 6.07) is -9.52. The third-order valence-electron chi connectivity index (χ3n) is 14.3. The maximum absolute atomic E-state index is 15.1. The van der Waals surface area contributed by atoms with Gasteiger partial charge in [0.15, 0.2) is 0 Å². The molecule has 9 atom stereocenters. The summed E-state index contributed by atoms with van der Waals surface area (Å²) in [5.41, 5.74) is -8.08. The highest BCUT2D eigenvalue weighted by Gasteiger charge is 2.50. The Kier molecular flexibility index (Phi) is 18.8. The third-order valence-corrected chi connectivity index (χ3v) is 14.3. The summed E-state index contributed by atoms with van der Waals surface area (Å²) in [5.74, 6) is -7.69. The van der Waals surface area contributed by atoms with E-state index in [1.807, 2.05) is 41.5 Å². The Morgan fingerprint density at radius 3 is 0.867 bits per heavy atom. The molecule has 3 aliphatic carbocycles. The van der Waals surface area contributed by atoms with E-state index in [1.54, 1.807) is 20.8 Å². The smallest absolute Gasteiger partial charge is 0.392 e. The zero-order valence-corrected chi connectivity index (χ0v) is 45.1. The molecule has 0 aromatic carbocycles. The molecule has 1 heterocycles. The monoisotopic (exact) mass is 1070 g/mol. The van der Waals surface area contributed by atoms with E-state index in [0.717, 1.165) is 13.7 Å². The lowest BCUT2D eigenvalue weighted by molar-refractivity contribution is -0.496. The second-order valence-corrected chi connectivity index (χ2v) is 24.2. The number of esters is 3. The Hall–Kier alpha value is -6.57. The van der Waals surface area contributed by atoms with Crippen molar-refractivity contribution < 1.29 is 57.7 Å². The molecular formula is C48H75N9O18. The summed E-state index contributed by atoms with van der Waals surface area (Å²) < 4.78 is 17.2. The highest BCUT2D eigenvalue weighted by molar-refractivity contribution is 6.01. The van der Waals surface area contributed by atoms with Gasteiger partial charge < -0.3 is 30.2 Å². The number of hydrogen-bond donors (Lipinski definition) is 3. The number of rotatable bonds is 21. The van der Waals surface area contributed by atoms with Gasteiger partial charge in [0.05, 0.1) is 19.8 Å². The molecule has 0 saturated heterocycles. The van der Waals surface area contributed by atoms with Crippen LogP contribution >= 0.6 is 0 Å². The highest BCUT2D eigenvalue weighted by Crippen LogP contribution is 2.49. The van der Waals surface area contributed by atoms with Gasteiger partial charge in [0.2, 0.25) is 0 Å². The van der Waals surface area contributed by atoms with Gasteiger partial charge in [0, 0.05) is 52.5 Å². The molecule has 3 saturated carbocycles. The molecule has 27 nitrogen and oxygen atoms in total. The molecule has 420 valence electrons. The van der Waals surface area contributed by atoms with Gasteiger partial charge in [-0.05, 0) is 111 Å². The first kappa shape index (κ1) is 61.0. The van der Waals surface area contributed by atoms with Crippen LogP contribution in [0.2, 0.25) is 0 Å². The molecule has 0 spiro atoms. The predicted octanol–water partition coefficient (Wildman–Crippen LogP) is 1.90. The van der Waals surface area contributed by atoms with E-state index in [0.29, 0.717) is 19.3 Å². The Bertz CT molecular complexity index is 2300. The van der Waals surface area contributed by atoms with E-state index in [2.05, 4.69) is 16.0 Å². The van der Waals surface area contributed by atoms with Gasteiger partial charge in [-0.3, -0.25) is 44.7 Å². The lowest BCUT2D eigenvalue weighted by atomic mass is 9.62. The molecule has 3 fully saturated rings. The number of nitrogens with one attached hydrogen (secondary N) is 3. The van der Waals surface area contributed by atoms with Gasteiger partial charge in [-0.2, -0.15) is 0 Å². The molecule has 0 bridgehead atoms.